The summed E-state index contributed by atoms with van der Waals surface area (Å²) in [5.41, 5.74) is 6.80. The first kappa shape index (κ1) is 12.3. The van der Waals surface area contributed by atoms with Gasteiger partial charge in [0.15, 0.2) is 0 Å². The number of ether oxygens (including phenoxy) is 1. The molecule has 1 aliphatic rings. The Morgan fingerprint density at radius 2 is 2.47 bits per heavy atom. The molecule has 0 radical (unpaired) electrons. The highest BCUT2D eigenvalue weighted by molar-refractivity contribution is 5.41. The second-order valence-electron chi connectivity index (χ2n) is 4.34. The van der Waals surface area contributed by atoms with E-state index in [2.05, 4.69) is 9.88 Å². The van der Waals surface area contributed by atoms with Gasteiger partial charge in [0.05, 0.1) is 25.9 Å². The monoisotopic (exact) mass is 237 g/mol. The summed E-state index contributed by atoms with van der Waals surface area (Å²) in [5, 5.41) is 9.30. The highest BCUT2D eigenvalue weighted by atomic mass is 16.5. The molecule has 1 aromatic rings. The van der Waals surface area contributed by atoms with Crippen molar-refractivity contribution in [3.8, 4) is 0 Å². The molecule has 1 aromatic heterocycles. The van der Waals surface area contributed by atoms with Gasteiger partial charge in [-0.15, -0.1) is 0 Å². The Kier molecular flexibility index (Phi) is 3.93. The molecule has 0 amide bonds. The zero-order valence-corrected chi connectivity index (χ0v) is 10.0. The van der Waals surface area contributed by atoms with Crippen LogP contribution in [-0.4, -0.2) is 42.5 Å². The molecular formula is C12H19N3O2. The van der Waals surface area contributed by atoms with Crippen molar-refractivity contribution in [3.63, 3.8) is 0 Å². The van der Waals surface area contributed by atoms with E-state index >= 15 is 0 Å². The summed E-state index contributed by atoms with van der Waals surface area (Å²) in [4.78, 5) is 6.48. The van der Waals surface area contributed by atoms with Crippen molar-refractivity contribution in [2.75, 3.05) is 31.3 Å². The summed E-state index contributed by atoms with van der Waals surface area (Å²) in [6, 6.07) is 3.93. The fourth-order valence-electron chi connectivity index (χ4n) is 1.94. The lowest BCUT2D eigenvalue weighted by atomic mass is 10.1. The van der Waals surface area contributed by atoms with Crippen molar-refractivity contribution in [3.05, 3.63) is 23.9 Å². The number of morpholine rings is 1. The van der Waals surface area contributed by atoms with Crippen LogP contribution >= 0.6 is 0 Å². The van der Waals surface area contributed by atoms with Gasteiger partial charge in [-0.3, -0.25) is 0 Å². The van der Waals surface area contributed by atoms with E-state index in [0.717, 1.165) is 17.9 Å². The highest BCUT2D eigenvalue weighted by Crippen LogP contribution is 2.18. The second-order valence-corrected chi connectivity index (χ2v) is 4.34. The maximum Gasteiger partial charge on any atom is 0.128 e. The van der Waals surface area contributed by atoms with Gasteiger partial charge >= 0.3 is 0 Å². The first-order chi connectivity index (χ1) is 8.22. The summed E-state index contributed by atoms with van der Waals surface area (Å²) >= 11 is 0. The van der Waals surface area contributed by atoms with E-state index in [1.165, 1.54) is 0 Å². The molecule has 5 nitrogen and oxygen atoms in total. The largest absolute Gasteiger partial charge is 0.394 e. The summed E-state index contributed by atoms with van der Waals surface area (Å²) in [6.45, 7) is 3.99. The average Bonchev–Trinajstić information content (AvgIpc) is 2.39. The van der Waals surface area contributed by atoms with Crippen LogP contribution < -0.4 is 10.6 Å². The van der Waals surface area contributed by atoms with E-state index in [9.17, 15) is 5.11 Å². The van der Waals surface area contributed by atoms with Gasteiger partial charge in [0.1, 0.15) is 5.82 Å². The lowest BCUT2D eigenvalue weighted by Gasteiger charge is -2.35. The summed E-state index contributed by atoms with van der Waals surface area (Å²) in [6.07, 6.45) is 1.80. The molecule has 0 aliphatic carbocycles. The standard InChI is InChI=1S/C12H19N3O2/c1-9(13)10-2-3-12(14-6-10)15-4-5-17-8-11(15)7-16/h2-3,6,9,11,16H,4-5,7-8,13H2,1H3. The lowest BCUT2D eigenvalue weighted by Crippen LogP contribution is -2.48. The van der Waals surface area contributed by atoms with Crippen molar-refractivity contribution in [2.24, 2.45) is 5.73 Å². The van der Waals surface area contributed by atoms with Crippen LogP contribution in [0.1, 0.15) is 18.5 Å². The Morgan fingerprint density at radius 3 is 3.06 bits per heavy atom. The van der Waals surface area contributed by atoms with Crippen LogP contribution in [0.2, 0.25) is 0 Å². The molecule has 94 valence electrons. The fourth-order valence-corrected chi connectivity index (χ4v) is 1.94. The predicted octanol–water partition coefficient (Wildman–Crippen LogP) is 0.299. The number of hydrogen-bond acceptors (Lipinski definition) is 5. The fraction of sp³-hybridized carbons (Fsp3) is 0.583. The van der Waals surface area contributed by atoms with Crippen molar-refractivity contribution in [1.82, 2.24) is 4.98 Å². The van der Waals surface area contributed by atoms with Crippen LogP contribution in [-0.2, 0) is 4.74 Å². The van der Waals surface area contributed by atoms with Crippen LogP contribution in [0.25, 0.3) is 0 Å². The van der Waals surface area contributed by atoms with Crippen LogP contribution in [0, 0.1) is 0 Å². The number of pyridine rings is 1. The third-order valence-corrected chi connectivity index (χ3v) is 3.03. The molecule has 0 aromatic carbocycles. The highest BCUT2D eigenvalue weighted by Gasteiger charge is 2.23. The maximum atomic E-state index is 9.30. The minimum Gasteiger partial charge on any atom is -0.394 e. The summed E-state index contributed by atoms with van der Waals surface area (Å²) in [7, 11) is 0. The second kappa shape index (κ2) is 5.44. The molecule has 0 saturated carbocycles. The minimum absolute atomic E-state index is 0.00241. The zero-order valence-electron chi connectivity index (χ0n) is 10.0. The number of rotatable bonds is 3. The van der Waals surface area contributed by atoms with Gasteiger partial charge in [-0.05, 0) is 18.6 Å². The van der Waals surface area contributed by atoms with Crippen molar-refractivity contribution in [1.29, 1.82) is 0 Å². The molecule has 3 N–H and O–H groups in total. The van der Waals surface area contributed by atoms with E-state index in [1.807, 2.05) is 19.1 Å². The Bertz CT molecular complexity index is 353. The SMILES string of the molecule is CC(N)c1ccc(N2CCOCC2CO)nc1. The Labute approximate surface area is 101 Å². The van der Waals surface area contributed by atoms with Crippen LogP contribution in [0.4, 0.5) is 5.82 Å². The molecule has 1 aliphatic heterocycles. The summed E-state index contributed by atoms with van der Waals surface area (Å²) < 4.78 is 5.34. The molecule has 2 unspecified atom stereocenters. The molecule has 1 fully saturated rings. The van der Waals surface area contributed by atoms with E-state index in [1.54, 1.807) is 6.20 Å². The number of aromatic nitrogens is 1. The van der Waals surface area contributed by atoms with Crippen LogP contribution in [0.5, 0.6) is 0 Å². The Balaban J connectivity index is 2.15. The van der Waals surface area contributed by atoms with E-state index in [4.69, 9.17) is 10.5 Å². The molecule has 2 atom stereocenters. The van der Waals surface area contributed by atoms with Gasteiger partial charge in [-0.25, -0.2) is 4.98 Å². The Morgan fingerprint density at radius 1 is 1.65 bits per heavy atom. The molecule has 0 spiro atoms. The maximum absolute atomic E-state index is 9.30. The molecule has 2 rings (SSSR count). The molecule has 17 heavy (non-hydrogen) atoms. The third-order valence-electron chi connectivity index (χ3n) is 3.03. The number of nitrogens with zero attached hydrogens (tertiary/aromatic N) is 2. The van der Waals surface area contributed by atoms with Gasteiger partial charge in [0.25, 0.3) is 0 Å². The first-order valence-electron chi connectivity index (χ1n) is 5.89. The van der Waals surface area contributed by atoms with Crippen LogP contribution in [0.15, 0.2) is 18.3 Å². The summed E-state index contributed by atoms with van der Waals surface area (Å²) in [5.74, 6) is 0.872. The van der Waals surface area contributed by atoms with Gasteiger partial charge in [0.2, 0.25) is 0 Å². The smallest absolute Gasteiger partial charge is 0.128 e. The molecular weight excluding hydrogens is 218 g/mol. The van der Waals surface area contributed by atoms with Crippen LogP contribution in [0.3, 0.4) is 0 Å². The first-order valence-corrected chi connectivity index (χ1v) is 5.89. The van der Waals surface area contributed by atoms with Crippen molar-refractivity contribution >= 4 is 5.82 Å². The van der Waals surface area contributed by atoms with E-state index < -0.39 is 0 Å². The zero-order chi connectivity index (χ0) is 12.3. The number of anilines is 1. The van der Waals surface area contributed by atoms with Crippen molar-refractivity contribution < 1.29 is 9.84 Å². The minimum atomic E-state index is -0.00474. The number of aliphatic hydroxyl groups is 1. The molecule has 2 heterocycles. The number of aliphatic hydroxyl groups excluding tert-OH is 1. The quantitative estimate of drug-likeness (QED) is 0.791. The van der Waals surface area contributed by atoms with Gasteiger partial charge < -0.3 is 20.5 Å². The normalized spacial score (nSPS) is 22.5. The molecule has 5 heteroatoms. The topological polar surface area (TPSA) is 71.6 Å². The predicted molar refractivity (Wildman–Crippen MR) is 65.9 cm³/mol. The Hall–Kier alpha value is -1.17. The molecule has 1 saturated heterocycles. The number of nitrogens with two attached hydrogens (primary N) is 1. The molecule has 0 bridgehead atoms. The average molecular weight is 237 g/mol. The van der Waals surface area contributed by atoms with Gasteiger partial charge in [0, 0.05) is 18.8 Å². The van der Waals surface area contributed by atoms with Crippen molar-refractivity contribution in [2.45, 2.75) is 19.0 Å². The van der Waals surface area contributed by atoms with E-state index in [-0.39, 0.29) is 18.7 Å². The van der Waals surface area contributed by atoms with E-state index in [0.29, 0.717) is 13.2 Å². The van der Waals surface area contributed by atoms with Gasteiger partial charge in [-0.2, -0.15) is 0 Å². The van der Waals surface area contributed by atoms with Gasteiger partial charge in [-0.1, -0.05) is 6.07 Å². The number of hydrogen-bond donors (Lipinski definition) is 2. The third kappa shape index (κ3) is 2.74. The lowest BCUT2D eigenvalue weighted by molar-refractivity contribution is 0.0723.